The molecule has 0 aromatic carbocycles. The van der Waals surface area contributed by atoms with Gasteiger partial charge < -0.3 is 15.5 Å². The highest BCUT2D eigenvalue weighted by Crippen LogP contribution is 2.30. The molecule has 1 fully saturated rings. The molecule has 0 aliphatic carbocycles. The summed E-state index contributed by atoms with van der Waals surface area (Å²) in [5, 5.41) is 0. The lowest BCUT2D eigenvalue weighted by atomic mass is 9.74. The molecule has 1 aliphatic heterocycles. The van der Waals surface area contributed by atoms with Crippen LogP contribution in [0.25, 0.3) is 0 Å². The molecule has 1 rings (SSSR count). The number of hydrogen-bond acceptors (Lipinski definition) is 3. The number of likely N-dealkylation sites (N-methyl/N-ethyl adjacent to an activating group) is 1. The maximum Gasteiger partial charge on any atom is 0.0217 e. The normalized spacial score (nSPS) is 24.4. The molecule has 17 heavy (non-hydrogen) atoms. The maximum atomic E-state index is 6.29. The van der Waals surface area contributed by atoms with E-state index in [0.29, 0.717) is 6.04 Å². The molecule has 0 amide bonds. The Hall–Kier alpha value is -0.120. The van der Waals surface area contributed by atoms with Crippen molar-refractivity contribution in [3.63, 3.8) is 0 Å². The summed E-state index contributed by atoms with van der Waals surface area (Å²) in [6.07, 6.45) is 2.64. The predicted octanol–water partition coefficient (Wildman–Crippen LogP) is 1.78. The SMILES string of the molecule is CN(C)C1CCCN(CC(C)(C)C(C)(C)N)C1. The van der Waals surface area contributed by atoms with Gasteiger partial charge in [0.15, 0.2) is 0 Å². The first kappa shape index (κ1) is 14.9. The molecule has 0 radical (unpaired) electrons. The van der Waals surface area contributed by atoms with Gasteiger partial charge in [-0.3, -0.25) is 0 Å². The number of nitrogens with zero attached hydrogens (tertiary/aromatic N) is 2. The van der Waals surface area contributed by atoms with Crippen LogP contribution in [-0.4, -0.2) is 55.1 Å². The van der Waals surface area contributed by atoms with Crippen LogP contribution in [0.1, 0.15) is 40.5 Å². The molecule has 1 atom stereocenters. The van der Waals surface area contributed by atoms with E-state index in [-0.39, 0.29) is 11.0 Å². The first-order valence-corrected chi connectivity index (χ1v) is 6.81. The van der Waals surface area contributed by atoms with Crippen molar-refractivity contribution in [2.45, 2.75) is 52.1 Å². The summed E-state index contributed by atoms with van der Waals surface area (Å²) < 4.78 is 0. The summed E-state index contributed by atoms with van der Waals surface area (Å²) in [6.45, 7) is 12.4. The largest absolute Gasteiger partial charge is 0.325 e. The number of rotatable bonds is 4. The summed E-state index contributed by atoms with van der Waals surface area (Å²) in [7, 11) is 4.37. The van der Waals surface area contributed by atoms with Crippen LogP contribution >= 0.6 is 0 Å². The molecule has 1 aliphatic rings. The molecular weight excluding hydrogens is 210 g/mol. The average molecular weight is 241 g/mol. The van der Waals surface area contributed by atoms with Crippen molar-refractivity contribution in [2.75, 3.05) is 33.7 Å². The van der Waals surface area contributed by atoms with Gasteiger partial charge in [-0.1, -0.05) is 13.8 Å². The molecule has 0 aromatic heterocycles. The third kappa shape index (κ3) is 3.94. The Morgan fingerprint density at radius 2 is 1.82 bits per heavy atom. The number of hydrogen-bond donors (Lipinski definition) is 1. The first-order chi connectivity index (χ1) is 7.63. The van der Waals surface area contributed by atoms with Crippen molar-refractivity contribution in [1.29, 1.82) is 0 Å². The van der Waals surface area contributed by atoms with Crippen LogP contribution in [0.5, 0.6) is 0 Å². The molecule has 0 spiro atoms. The van der Waals surface area contributed by atoms with Gasteiger partial charge in [-0.2, -0.15) is 0 Å². The summed E-state index contributed by atoms with van der Waals surface area (Å²) in [4.78, 5) is 4.94. The molecule has 3 nitrogen and oxygen atoms in total. The van der Waals surface area contributed by atoms with Gasteiger partial charge in [0.2, 0.25) is 0 Å². The number of piperidine rings is 1. The molecule has 0 bridgehead atoms. The Labute approximate surface area is 107 Å². The lowest BCUT2D eigenvalue weighted by molar-refractivity contribution is 0.0676. The summed E-state index contributed by atoms with van der Waals surface area (Å²) in [5.41, 5.74) is 6.31. The molecule has 0 saturated carbocycles. The van der Waals surface area contributed by atoms with Gasteiger partial charge in [0.05, 0.1) is 0 Å². The zero-order valence-corrected chi connectivity index (χ0v) is 12.6. The summed E-state index contributed by atoms with van der Waals surface area (Å²) in [6, 6.07) is 0.709. The molecule has 0 aromatic rings. The molecule has 2 N–H and O–H groups in total. The Morgan fingerprint density at radius 3 is 2.29 bits per heavy atom. The van der Waals surface area contributed by atoms with Crippen LogP contribution < -0.4 is 5.73 Å². The lowest BCUT2D eigenvalue weighted by Crippen LogP contribution is -2.55. The van der Waals surface area contributed by atoms with Crippen molar-refractivity contribution in [2.24, 2.45) is 11.1 Å². The van der Waals surface area contributed by atoms with E-state index in [2.05, 4.69) is 51.6 Å². The van der Waals surface area contributed by atoms with E-state index in [1.54, 1.807) is 0 Å². The molecule has 1 heterocycles. The fourth-order valence-electron chi connectivity index (χ4n) is 2.36. The monoisotopic (exact) mass is 241 g/mol. The maximum absolute atomic E-state index is 6.29. The molecule has 102 valence electrons. The standard InChI is InChI=1S/C14H31N3/c1-13(2,14(3,4)15)11-17-9-7-8-12(10-17)16(5)6/h12H,7-11,15H2,1-6H3. The second kappa shape index (κ2) is 5.25. The fraction of sp³-hybridized carbons (Fsp3) is 1.00. The average Bonchev–Trinajstić information content (AvgIpc) is 2.15. The number of likely N-dealkylation sites (tertiary alicyclic amines) is 1. The minimum Gasteiger partial charge on any atom is -0.325 e. The second-order valence-electron chi connectivity index (χ2n) is 7.10. The number of nitrogens with two attached hydrogens (primary N) is 1. The highest BCUT2D eigenvalue weighted by Gasteiger charge is 2.36. The van der Waals surface area contributed by atoms with E-state index < -0.39 is 0 Å². The smallest absolute Gasteiger partial charge is 0.0217 e. The highest BCUT2D eigenvalue weighted by molar-refractivity contribution is 4.93. The molecule has 3 heteroatoms. The quantitative estimate of drug-likeness (QED) is 0.814. The minimum atomic E-state index is -0.127. The van der Waals surface area contributed by atoms with Gasteiger partial charge >= 0.3 is 0 Å². The second-order valence-corrected chi connectivity index (χ2v) is 7.10. The Balaban J connectivity index is 2.57. The zero-order chi connectivity index (χ0) is 13.3. The van der Waals surface area contributed by atoms with E-state index in [4.69, 9.17) is 5.73 Å². The van der Waals surface area contributed by atoms with Crippen LogP contribution in [-0.2, 0) is 0 Å². The van der Waals surface area contributed by atoms with Crippen LogP contribution in [0.2, 0.25) is 0 Å². The zero-order valence-electron chi connectivity index (χ0n) is 12.6. The molecule has 1 saturated heterocycles. The van der Waals surface area contributed by atoms with Gasteiger partial charge in [0, 0.05) is 24.7 Å². The van der Waals surface area contributed by atoms with Crippen LogP contribution in [0.4, 0.5) is 0 Å². The van der Waals surface area contributed by atoms with Crippen LogP contribution in [0, 0.1) is 5.41 Å². The first-order valence-electron chi connectivity index (χ1n) is 6.81. The van der Waals surface area contributed by atoms with Gasteiger partial charge in [-0.15, -0.1) is 0 Å². The van der Waals surface area contributed by atoms with Crippen molar-refractivity contribution in [3.8, 4) is 0 Å². The molecule has 1 unspecified atom stereocenters. The Bertz CT molecular complexity index is 240. The van der Waals surface area contributed by atoms with Crippen molar-refractivity contribution < 1.29 is 0 Å². The highest BCUT2D eigenvalue weighted by atomic mass is 15.2. The van der Waals surface area contributed by atoms with E-state index in [1.807, 2.05) is 0 Å². The fourth-order valence-corrected chi connectivity index (χ4v) is 2.36. The van der Waals surface area contributed by atoms with Crippen molar-refractivity contribution in [1.82, 2.24) is 9.80 Å². The van der Waals surface area contributed by atoms with Gasteiger partial charge in [0.25, 0.3) is 0 Å². The molecular formula is C14H31N3. The Kier molecular flexibility index (Phi) is 4.61. The Morgan fingerprint density at radius 1 is 1.24 bits per heavy atom. The summed E-state index contributed by atoms with van der Waals surface area (Å²) >= 11 is 0. The summed E-state index contributed by atoms with van der Waals surface area (Å²) in [5.74, 6) is 0. The van der Waals surface area contributed by atoms with E-state index >= 15 is 0 Å². The van der Waals surface area contributed by atoms with Crippen LogP contribution in [0.15, 0.2) is 0 Å². The van der Waals surface area contributed by atoms with Gasteiger partial charge in [0.1, 0.15) is 0 Å². The van der Waals surface area contributed by atoms with E-state index in [1.165, 1.54) is 25.9 Å². The third-order valence-corrected chi connectivity index (χ3v) is 4.57. The van der Waals surface area contributed by atoms with Crippen molar-refractivity contribution in [3.05, 3.63) is 0 Å². The topological polar surface area (TPSA) is 32.5 Å². The van der Waals surface area contributed by atoms with Gasteiger partial charge in [-0.25, -0.2) is 0 Å². The third-order valence-electron chi connectivity index (χ3n) is 4.57. The van der Waals surface area contributed by atoms with Crippen molar-refractivity contribution >= 4 is 0 Å². The van der Waals surface area contributed by atoms with E-state index in [0.717, 1.165) is 6.54 Å². The van der Waals surface area contributed by atoms with Crippen LogP contribution in [0.3, 0.4) is 0 Å². The minimum absolute atomic E-state index is 0.127. The van der Waals surface area contributed by atoms with E-state index in [9.17, 15) is 0 Å². The predicted molar refractivity (Wildman–Crippen MR) is 75.2 cm³/mol. The lowest BCUT2D eigenvalue weighted by Gasteiger charge is -2.45. The van der Waals surface area contributed by atoms with Gasteiger partial charge in [-0.05, 0) is 52.7 Å².